The van der Waals surface area contributed by atoms with E-state index in [1.54, 1.807) is 0 Å². The molecule has 0 spiro atoms. The lowest BCUT2D eigenvalue weighted by Crippen LogP contribution is -2.08. The van der Waals surface area contributed by atoms with Gasteiger partial charge in [-0.15, -0.1) is 0 Å². The number of rotatable bonds is 3. The summed E-state index contributed by atoms with van der Waals surface area (Å²) >= 11 is 0. The number of halogens is 2. The molecule has 0 fully saturated rings. The van der Waals surface area contributed by atoms with E-state index >= 15 is 0 Å². The number of nitrogens with two attached hydrogens (primary N) is 1. The molecular formula is C8H6F2N4O2. The van der Waals surface area contributed by atoms with Gasteiger partial charge in [-0.3, -0.25) is 10.1 Å². The fourth-order valence-electron chi connectivity index (χ4n) is 1.13. The predicted octanol–water partition coefficient (Wildman–Crippen LogP) is 1.26. The lowest BCUT2D eigenvalue weighted by Gasteiger charge is -2.06. The van der Waals surface area contributed by atoms with E-state index in [-0.39, 0.29) is 12.2 Å². The van der Waals surface area contributed by atoms with Crippen molar-refractivity contribution in [2.45, 2.75) is 13.0 Å². The van der Waals surface area contributed by atoms with Crippen molar-refractivity contribution in [3.63, 3.8) is 0 Å². The lowest BCUT2D eigenvalue weighted by atomic mass is 10.1. The van der Waals surface area contributed by atoms with E-state index < -0.39 is 28.3 Å². The molecular weight excluding hydrogens is 222 g/mol. The molecule has 0 atom stereocenters. The molecule has 16 heavy (non-hydrogen) atoms. The van der Waals surface area contributed by atoms with E-state index in [0.29, 0.717) is 6.07 Å². The van der Waals surface area contributed by atoms with Crippen LogP contribution in [0, 0.1) is 21.4 Å². The molecule has 0 aliphatic rings. The highest BCUT2D eigenvalue weighted by molar-refractivity contribution is 5.47. The molecule has 6 nitrogen and oxygen atoms in total. The standard InChI is InChI=1S/C8H6F2N4O2/c9-8(10)4-1-7(14(15)16)6(3-12)13-5(4)2-11/h1,8H,2,11H2. The van der Waals surface area contributed by atoms with Crippen molar-refractivity contribution < 1.29 is 13.7 Å². The van der Waals surface area contributed by atoms with Gasteiger partial charge in [-0.25, -0.2) is 13.8 Å². The smallest absolute Gasteiger partial charge is 0.306 e. The summed E-state index contributed by atoms with van der Waals surface area (Å²) in [6, 6.07) is 2.10. The second-order valence-corrected chi connectivity index (χ2v) is 2.77. The fraction of sp³-hybridized carbons (Fsp3) is 0.250. The average molecular weight is 228 g/mol. The summed E-state index contributed by atoms with van der Waals surface area (Å²) in [7, 11) is 0. The zero-order valence-corrected chi connectivity index (χ0v) is 7.85. The van der Waals surface area contributed by atoms with E-state index in [1.807, 2.05) is 0 Å². The van der Waals surface area contributed by atoms with Gasteiger partial charge < -0.3 is 5.73 Å². The van der Waals surface area contributed by atoms with Crippen LogP contribution in [0.3, 0.4) is 0 Å². The van der Waals surface area contributed by atoms with E-state index in [9.17, 15) is 18.9 Å². The van der Waals surface area contributed by atoms with Crippen LogP contribution in [0.2, 0.25) is 0 Å². The number of alkyl halides is 2. The van der Waals surface area contributed by atoms with E-state index in [1.165, 1.54) is 6.07 Å². The number of nitro groups is 1. The predicted molar refractivity (Wildman–Crippen MR) is 48.5 cm³/mol. The van der Waals surface area contributed by atoms with Gasteiger partial charge >= 0.3 is 5.69 Å². The van der Waals surface area contributed by atoms with E-state index in [2.05, 4.69) is 4.98 Å². The van der Waals surface area contributed by atoms with Gasteiger partial charge in [0.2, 0.25) is 5.69 Å². The van der Waals surface area contributed by atoms with Crippen molar-refractivity contribution in [3.05, 3.63) is 33.1 Å². The highest BCUT2D eigenvalue weighted by Crippen LogP contribution is 2.27. The topological polar surface area (TPSA) is 106 Å². The van der Waals surface area contributed by atoms with Crippen LogP contribution < -0.4 is 5.73 Å². The summed E-state index contributed by atoms with van der Waals surface area (Å²) in [6.07, 6.45) is -2.92. The first-order chi connectivity index (χ1) is 7.51. The Bertz CT molecular complexity index is 470. The van der Waals surface area contributed by atoms with E-state index in [4.69, 9.17) is 11.0 Å². The Morgan fingerprint density at radius 2 is 2.31 bits per heavy atom. The highest BCUT2D eigenvalue weighted by atomic mass is 19.3. The Hall–Kier alpha value is -2.14. The Morgan fingerprint density at radius 1 is 1.69 bits per heavy atom. The van der Waals surface area contributed by atoms with Gasteiger partial charge in [0.1, 0.15) is 6.07 Å². The molecule has 0 radical (unpaired) electrons. The molecule has 0 amide bonds. The molecule has 0 aliphatic heterocycles. The van der Waals surface area contributed by atoms with Crippen molar-refractivity contribution >= 4 is 5.69 Å². The van der Waals surface area contributed by atoms with Gasteiger partial charge in [0.25, 0.3) is 6.43 Å². The maximum absolute atomic E-state index is 12.5. The number of hydrogen-bond donors (Lipinski definition) is 1. The molecule has 0 saturated heterocycles. The van der Waals surface area contributed by atoms with Crippen LogP contribution >= 0.6 is 0 Å². The average Bonchev–Trinajstić information content (AvgIpc) is 2.26. The van der Waals surface area contributed by atoms with Gasteiger partial charge in [0.05, 0.1) is 10.6 Å². The molecule has 1 heterocycles. The quantitative estimate of drug-likeness (QED) is 0.619. The number of hydrogen-bond acceptors (Lipinski definition) is 5. The summed E-state index contributed by atoms with van der Waals surface area (Å²) in [5, 5.41) is 19.1. The first-order valence-corrected chi connectivity index (χ1v) is 4.07. The monoisotopic (exact) mass is 228 g/mol. The Balaban J connectivity index is 3.48. The molecule has 0 saturated carbocycles. The van der Waals surface area contributed by atoms with Crippen LogP contribution in [0.1, 0.15) is 23.4 Å². The Kier molecular flexibility index (Phi) is 3.42. The van der Waals surface area contributed by atoms with Gasteiger partial charge in [0, 0.05) is 18.2 Å². The Morgan fingerprint density at radius 3 is 2.69 bits per heavy atom. The summed E-state index contributed by atoms with van der Waals surface area (Å²) in [5.74, 6) is 0. The van der Waals surface area contributed by atoms with Crippen LogP contribution in [0.15, 0.2) is 6.07 Å². The summed E-state index contributed by atoms with van der Waals surface area (Å²) < 4.78 is 25.0. The molecule has 8 heteroatoms. The SMILES string of the molecule is N#Cc1nc(CN)c(C(F)F)cc1[N+](=O)[O-]. The minimum absolute atomic E-state index is 0.211. The van der Waals surface area contributed by atoms with Gasteiger partial charge in [0.15, 0.2) is 0 Å². The van der Waals surface area contributed by atoms with Crippen molar-refractivity contribution in [2.24, 2.45) is 5.73 Å². The van der Waals surface area contributed by atoms with Gasteiger partial charge in [-0.2, -0.15) is 5.26 Å². The molecule has 1 aromatic heterocycles. The zero-order valence-electron chi connectivity index (χ0n) is 7.85. The molecule has 0 aromatic carbocycles. The van der Waals surface area contributed by atoms with E-state index in [0.717, 1.165) is 0 Å². The molecule has 0 unspecified atom stereocenters. The minimum Gasteiger partial charge on any atom is -0.325 e. The number of pyridine rings is 1. The van der Waals surface area contributed by atoms with Crippen LogP contribution in [-0.2, 0) is 6.54 Å². The van der Waals surface area contributed by atoms with Crippen molar-refractivity contribution in [1.29, 1.82) is 5.26 Å². The van der Waals surface area contributed by atoms with Gasteiger partial charge in [-0.05, 0) is 0 Å². The molecule has 84 valence electrons. The second kappa shape index (κ2) is 4.59. The van der Waals surface area contributed by atoms with Crippen molar-refractivity contribution in [3.8, 4) is 6.07 Å². The first kappa shape index (κ1) is 11.9. The largest absolute Gasteiger partial charge is 0.325 e. The molecule has 0 bridgehead atoms. The van der Waals surface area contributed by atoms with Gasteiger partial charge in [-0.1, -0.05) is 0 Å². The normalized spacial score (nSPS) is 10.2. The first-order valence-electron chi connectivity index (χ1n) is 4.07. The molecule has 2 N–H and O–H groups in total. The van der Waals surface area contributed by atoms with Crippen LogP contribution in [0.5, 0.6) is 0 Å². The fourth-order valence-corrected chi connectivity index (χ4v) is 1.13. The zero-order chi connectivity index (χ0) is 12.3. The summed E-state index contributed by atoms with van der Waals surface area (Å²) in [5.41, 5.74) is 3.08. The maximum atomic E-state index is 12.5. The summed E-state index contributed by atoms with van der Waals surface area (Å²) in [4.78, 5) is 13.0. The third-order valence-electron chi connectivity index (χ3n) is 1.85. The molecule has 1 aromatic rings. The van der Waals surface area contributed by atoms with Crippen molar-refractivity contribution in [2.75, 3.05) is 0 Å². The minimum atomic E-state index is -2.92. The Labute approximate surface area is 88.5 Å². The third-order valence-corrected chi connectivity index (χ3v) is 1.85. The lowest BCUT2D eigenvalue weighted by molar-refractivity contribution is -0.385. The third kappa shape index (κ3) is 2.09. The molecule has 1 rings (SSSR count). The maximum Gasteiger partial charge on any atom is 0.306 e. The molecule has 0 aliphatic carbocycles. The number of aromatic nitrogens is 1. The van der Waals surface area contributed by atoms with Crippen LogP contribution in [0.25, 0.3) is 0 Å². The van der Waals surface area contributed by atoms with Crippen LogP contribution in [-0.4, -0.2) is 9.91 Å². The summed E-state index contributed by atoms with van der Waals surface area (Å²) in [6.45, 7) is -0.313. The number of nitrogens with zero attached hydrogens (tertiary/aromatic N) is 3. The second-order valence-electron chi connectivity index (χ2n) is 2.77. The number of nitriles is 1. The van der Waals surface area contributed by atoms with Crippen LogP contribution in [0.4, 0.5) is 14.5 Å². The van der Waals surface area contributed by atoms with Crippen molar-refractivity contribution in [1.82, 2.24) is 4.98 Å². The highest BCUT2D eigenvalue weighted by Gasteiger charge is 2.23.